The molecule has 1 aliphatic carbocycles. The molecule has 5 nitrogen and oxygen atoms in total. The second-order valence-electron chi connectivity index (χ2n) is 7.87. The van der Waals surface area contributed by atoms with Crippen LogP contribution >= 0.6 is 0 Å². The summed E-state index contributed by atoms with van der Waals surface area (Å²) in [6.45, 7) is 1.97. The Kier molecular flexibility index (Phi) is 5.79. The normalized spacial score (nSPS) is 16.4. The summed E-state index contributed by atoms with van der Waals surface area (Å²) in [6, 6.07) is 11.8. The van der Waals surface area contributed by atoms with Gasteiger partial charge in [-0.15, -0.1) is 0 Å². The van der Waals surface area contributed by atoms with E-state index in [0.717, 1.165) is 49.9 Å². The highest BCUT2D eigenvalue weighted by molar-refractivity contribution is 5.94. The van der Waals surface area contributed by atoms with Crippen molar-refractivity contribution in [3.8, 4) is 0 Å². The van der Waals surface area contributed by atoms with Crippen LogP contribution in [0.5, 0.6) is 0 Å². The number of carbonyl (C=O) groups is 2. The Morgan fingerprint density at radius 1 is 1.00 bits per heavy atom. The van der Waals surface area contributed by atoms with Crippen LogP contribution < -0.4 is 10.6 Å². The molecule has 29 heavy (non-hydrogen) atoms. The van der Waals surface area contributed by atoms with Crippen LogP contribution in [0.3, 0.4) is 0 Å². The van der Waals surface area contributed by atoms with Crippen molar-refractivity contribution in [3.05, 3.63) is 65.0 Å². The number of nitrogens with one attached hydrogen (secondary N) is 2. The van der Waals surface area contributed by atoms with E-state index in [2.05, 4.69) is 10.6 Å². The molecule has 0 aromatic heterocycles. The smallest absolute Gasteiger partial charge is 0.319 e. The molecule has 0 spiro atoms. The first kappa shape index (κ1) is 19.4. The molecule has 3 amide bonds. The SMILES string of the molecule is O=C(NCc1ccc(C(=O)N2CCCCC2)cc1)Nc1ccc(C2CC2)c(F)c1. The minimum absolute atomic E-state index is 0.0682. The Morgan fingerprint density at radius 3 is 2.38 bits per heavy atom. The molecule has 6 heteroatoms. The number of likely N-dealkylation sites (tertiary alicyclic amines) is 1. The minimum atomic E-state index is -0.392. The van der Waals surface area contributed by atoms with Crippen LogP contribution in [0.25, 0.3) is 0 Å². The molecule has 0 unspecified atom stereocenters. The number of amides is 3. The maximum Gasteiger partial charge on any atom is 0.319 e. The van der Waals surface area contributed by atoms with Crippen LogP contribution in [0.1, 0.15) is 59.5 Å². The van der Waals surface area contributed by atoms with E-state index in [1.165, 1.54) is 12.5 Å². The molecule has 1 heterocycles. The van der Waals surface area contributed by atoms with Gasteiger partial charge in [-0.1, -0.05) is 18.2 Å². The standard InChI is InChI=1S/C23H26FN3O2/c24-21-14-19(10-11-20(21)17-8-9-17)26-23(29)25-15-16-4-6-18(7-5-16)22(28)27-12-2-1-3-13-27/h4-7,10-11,14,17H,1-3,8-9,12-13,15H2,(H2,25,26,29). The number of carbonyl (C=O) groups excluding carboxylic acids is 2. The van der Waals surface area contributed by atoms with Gasteiger partial charge in [-0.3, -0.25) is 4.79 Å². The van der Waals surface area contributed by atoms with Crippen LogP contribution in [-0.2, 0) is 6.54 Å². The lowest BCUT2D eigenvalue weighted by molar-refractivity contribution is 0.0724. The van der Waals surface area contributed by atoms with E-state index in [4.69, 9.17) is 0 Å². The fourth-order valence-electron chi connectivity index (χ4n) is 3.73. The zero-order valence-corrected chi connectivity index (χ0v) is 16.4. The van der Waals surface area contributed by atoms with Gasteiger partial charge in [0.25, 0.3) is 5.91 Å². The fraction of sp³-hybridized carbons (Fsp3) is 0.391. The van der Waals surface area contributed by atoms with Gasteiger partial charge in [-0.25, -0.2) is 9.18 Å². The maximum atomic E-state index is 14.1. The number of anilines is 1. The number of halogens is 1. The largest absolute Gasteiger partial charge is 0.339 e. The molecule has 2 aromatic rings. The van der Waals surface area contributed by atoms with Crippen molar-refractivity contribution in [1.82, 2.24) is 10.2 Å². The maximum absolute atomic E-state index is 14.1. The van der Waals surface area contributed by atoms with Gasteiger partial charge in [0.2, 0.25) is 0 Å². The van der Waals surface area contributed by atoms with Gasteiger partial charge in [-0.05, 0) is 73.4 Å². The average Bonchev–Trinajstić information content (AvgIpc) is 3.58. The van der Waals surface area contributed by atoms with Crippen molar-refractivity contribution in [1.29, 1.82) is 0 Å². The van der Waals surface area contributed by atoms with E-state index in [0.29, 0.717) is 23.7 Å². The molecule has 4 rings (SSSR count). The molecule has 1 aliphatic heterocycles. The number of benzene rings is 2. The van der Waals surface area contributed by atoms with Crippen molar-refractivity contribution >= 4 is 17.6 Å². The monoisotopic (exact) mass is 395 g/mol. The number of urea groups is 1. The highest BCUT2D eigenvalue weighted by Gasteiger charge is 2.26. The Morgan fingerprint density at radius 2 is 1.72 bits per heavy atom. The summed E-state index contributed by atoms with van der Waals surface area (Å²) in [4.78, 5) is 26.5. The van der Waals surface area contributed by atoms with Gasteiger partial charge >= 0.3 is 6.03 Å². The van der Waals surface area contributed by atoms with E-state index >= 15 is 0 Å². The highest BCUT2D eigenvalue weighted by Crippen LogP contribution is 2.41. The van der Waals surface area contributed by atoms with Crippen molar-refractivity contribution < 1.29 is 14.0 Å². The van der Waals surface area contributed by atoms with E-state index in [1.54, 1.807) is 24.3 Å². The summed E-state index contributed by atoms with van der Waals surface area (Å²) in [5.41, 5.74) is 2.74. The van der Waals surface area contributed by atoms with Crippen LogP contribution in [0.15, 0.2) is 42.5 Å². The first-order valence-corrected chi connectivity index (χ1v) is 10.3. The Hall–Kier alpha value is -2.89. The number of rotatable bonds is 5. The summed E-state index contributed by atoms with van der Waals surface area (Å²) < 4.78 is 14.1. The van der Waals surface area contributed by atoms with Crippen LogP contribution in [0.2, 0.25) is 0 Å². The summed E-state index contributed by atoms with van der Waals surface area (Å²) >= 11 is 0. The molecule has 0 radical (unpaired) electrons. The lowest BCUT2D eigenvalue weighted by Crippen LogP contribution is -2.35. The minimum Gasteiger partial charge on any atom is -0.339 e. The molecule has 2 aromatic carbocycles. The quantitative estimate of drug-likeness (QED) is 0.774. The summed E-state index contributed by atoms with van der Waals surface area (Å²) in [5.74, 6) is 0.139. The van der Waals surface area contributed by atoms with E-state index < -0.39 is 6.03 Å². The third-order valence-electron chi connectivity index (χ3n) is 5.57. The second-order valence-corrected chi connectivity index (χ2v) is 7.87. The second kappa shape index (κ2) is 8.64. The van der Waals surface area contributed by atoms with Crippen molar-refractivity contribution in [2.75, 3.05) is 18.4 Å². The van der Waals surface area contributed by atoms with Crippen molar-refractivity contribution in [3.63, 3.8) is 0 Å². The Balaban J connectivity index is 1.27. The van der Waals surface area contributed by atoms with Crippen molar-refractivity contribution in [2.24, 2.45) is 0 Å². The van der Waals surface area contributed by atoms with Crippen LogP contribution in [0, 0.1) is 5.82 Å². The highest BCUT2D eigenvalue weighted by atomic mass is 19.1. The molecule has 0 bridgehead atoms. The van der Waals surface area contributed by atoms with Gasteiger partial charge < -0.3 is 15.5 Å². The average molecular weight is 395 g/mol. The van der Waals surface area contributed by atoms with Gasteiger partial charge in [0.15, 0.2) is 0 Å². The van der Waals surface area contributed by atoms with Crippen LogP contribution in [-0.4, -0.2) is 29.9 Å². The first-order valence-electron chi connectivity index (χ1n) is 10.3. The molecule has 2 N–H and O–H groups in total. The summed E-state index contributed by atoms with van der Waals surface area (Å²) in [5, 5.41) is 5.42. The summed E-state index contributed by atoms with van der Waals surface area (Å²) in [6.07, 6.45) is 5.39. The van der Waals surface area contributed by atoms with Crippen molar-refractivity contribution in [2.45, 2.75) is 44.6 Å². The van der Waals surface area contributed by atoms with Crippen LogP contribution in [0.4, 0.5) is 14.9 Å². The third-order valence-corrected chi connectivity index (χ3v) is 5.57. The van der Waals surface area contributed by atoms with Gasteiger partial charge in [0, 0.05) is 30.9 Å². The predicted molar refractivity (Wildman–Crippen MR) is 110 cm³/mol. The molecule has 1 saturated heterocycles. The predicted octanol–water partition coefficient (Wildman–Crippen LogP) is 4.65. The zero-order valence-electron chi connectivity index (χ0n) is 16.4. The number of hydrogen-bond acceptors (Lipinski definition) is 2. The summed E-state index contributed by atoms with van der Waals surface area (Å²) in [7, 11) is 0. The molecule has 1 saturated carbocycles. The molecule has 2 fully saturated rings. The Labute approximate surface area is 170 Å². The molecular weight excluding hydrogens is 369 g/mol. The molecule has 152 valence electrons. The number of hydrogen-bond donors (Lipinski definition) is 2. The lowest BCUT2D eigenvalue weighted by atomic mass is 10.1. The number of nitrogens with zero attached hydrogens (tertiary/aromatic N) is 1. The lowest BCUT2D eigenvalue weighted by Gasteiger charge is -2.26. The van der Waals surface area contributed by atoms with E-state index in [1.807, 2.05) is 17.0 Å². The van der Waals surface area contributed by atoms with Gasteiger partial charge in [0.1, 0.15) is 5.82 Å². The fourth-order valence-corrected chi connectivity index (χ4v) is 3.73. The van der Waals surface area contributed by atoms with E-state index in [-0.39, 0.29) is 11.7 Å². The molecular formula is C23H26FN3O2. The topological polar surface area (TPSA) is 61.4 Å². The third kappa shape index (κ3) is 4.94. The zero-order chi connectivity index (χ0) is 20.2. The molecule has 0 atom stereocenters. The number of piperidine rings is 1. The molecule has 2 aliphatic rings. The van der Waals surface area contributed by atoms with Gasteiger partial charge in [0.05, 0.1) is 0 Å². The van der Waals surface area contributed by atoms with Gasteiger partial charge in [-0.2, -0.15) is 0 Å². The Bertz CT molecular complexity index is 887. The first-order chi connectivity index (χ1) is 14.1. The van der Waals surface area contributed by atoms with E-state index in [9.17, 15) is 14.0 Å².